The molecule has 0 fully saturated rings. The SMILES string of the molecule is CC(C)CNCC(=O)Nc1ccc(-c2ccc(C(=O)N[C@@H](CN)C(=O)NO)cc2)cc1. The molecule has 0 aliphatic rings. The lowest BCUT2D eigenvalue weighted by Gasteiger charge is -2.14. The quantitative estimate of drug-likeness (QED) is 0.247. The highest BCUT2D eigenvalue weighted by Crippen LogP contribution is 2.22. The van der Waals surface area contributed by atoms with Crippen LogP contribution in [0.2, 0.25) is 0 Å². The molecule has 0 saturated carbocycles. The van der Waals surface area contributed by atoms with E-state index in [2.05, 4.69) is 29.8 Å². The zero-order valence-corrected chi connectivity index (χ0v) is 17.6. The van der Waals surface area contributed by atoms with E-state index in [0.29, 0.717) is 17.2 Å². The van der Waals surface area contributed by atoms with Gasteiger partial charge in [0.2, 0.25) is 5.91 Å². The zero-order valence-electron chi connectivity index (χ0n) is 17.6. The fourth-order valence-electron chi connectivity index (χ4n) is 2.79. The third-order valence-corrected chi connectivity index (χ3v) is 4.45. The molecule has 1 atom stereocenters. The lowest BCUT2D eigenvalue weighted by molar-refractivity contribution is -0.130. The Morgan fingerprint density at radius 3 is 2.06 bits per heavy atom. The molecule has 3 amide bonds. The van der Waals surface area contributed by atoms with Gasteiger partial charge in [0, 0.05) is 17.8 Å². The van der Waals surface area contributed by atoms with Gasteiger partial charge in [0.05, 0.1) is 6.54 Å². The fraction of sp³-hybridized carbons (Fsp3) is 0.318. The number of amides is 3. The predicted octanol–water partition coefficient (Wildman–Crippen LogP) is 1.10. The second-order valence-electron chi connectivity index (χ2n) is 7.47. The second-order valence-corrected chi connectivity index (χ2v) is 7.47. The maximum Gasteiger partial charge on any atom is 0.267 e. The van der Waals surface area contributed by atoms with Crippen molar-refractivity contribution in [3.8, 4) is 11.1 Å². The zero-order chi connectivity index (χ0) is 22.8. The van der Waals surface area contributed by atoms with Gasteiger partial charge in [-0.05, 0) is 47.9 Å². The van der Waals surface area contributed by atoms with E-state index in [9.17, 15) is 14.4 Å². The third kappa shape index (κ3) is 7.49. The van der Waals surface area contributed by atoms with Crippen LogP contribution in [0.25, 0.3) is 11.1 Å². The lowest BCUT2D eigenvalue weighted by Crippen LogP contribution is -2.50. The molecule has 0 aromatic heterocycles. The minimum Gasteiger partial charge on any atom is -0.339 e. The molecule has 0 spiro atoms. The summed E-state index contributed by atoms with van der Waals surface area (Å²) in [5, 5.41) is 17.1. The number of hydrogen-bond acceptors (Lipinski definition) is 6. The monoisotopic (exact) mass is 427 g/mol. The van der Waals surface area contributed by atoms with Crippen LogP contribution in [-0.4, -0.2) is 48.6 Å². The van der Waals surface area contributed by atoms with Crippen LogP contribution < -0.4 is 27.2 Å². The molecular formula is C22H29N5O4. The first kappa shape index (κ1) is 24.0. The molecule has 0 aliphatic carbocycles. The van der Waals surface area contributed by atoms with E-state index in [1.807, 2.05) is 24.3 Å². The average Bonchev–Trinajstić information content (AvgIpc) is 2.77. The number of rotatable bonds is 10. The minimum atomic E-state index is -1.03. The minimum absolute atomic E-state index is 0.102. The Morgan fingerprint density at radius 1 is 0.968 bits per heavy atom. The maximum atomic E-state index is 12.3. The number of hydrogen-bond donors (Lipinski definition) is 6. The summed E-state index contributed by atoms with van der Waals surface area (Å²) in [4.78, 5) is 35.7. The van der Waals surface area contributed by atoms with E-state index in [1.165, 1.54) is 5.48 Å². The van der Waals surface area contributed by atoms with Crippen molar-refractivity contribution in [3.63, 3.8) is 0 Å². The number of nitrogens with one attached hydrogen (secondary N) is 4. The first-order chi connectivity index (χ1) is 14.8. The molecule has 2 aromatic carbocycles. The molecule has 166 valence electrons. The summed E-state index contributed by atoms with van der Waals surface area (Å²) in [5.74, 6) is -0.883. The molecule has 0 radical (unpaired) electrons. The molecule has 0 bridgehead atoms. The fourth-order valence-corrected chi connectivity index (χ4v) is 2.79. The summed E-state index contributed by atoms with van der Waals surface area (Å²) >= 11 is 0. The number of nitrogens with two attached hydrogens (primary N) is 1. The second kappa shape index (κ2) is 11.8. The molecular weight excluding hydrogens is 398 g/mol. The van der Waals surface area contributed by atoms with Crippen LogP contribution in [0.3, 0.4) is 0 Å². The van der Waals surface area contributed by atoms with Crippen molar-refractivity contribution in [2.75, 3.05) is 25.0 Å². The van der Waals surface area contributed by atoms with E-state index in [-0.39, 0.29) is 19.0 Å². The Hall–Kier alpha value is -3.27. The molecule has 0 saturated heterocycles. The molecule has 31 heavy (non-hydrogen) atoms. The van der Waals surface area contributed by atoms with Crippen LogP contribution in [-0.2, 0) is 9.59 Å². The number of hydroxylamine groups is 1. The molecule has 0 aliphatic heterocycles. The molecule has 0 heterocycles. The van der Waals surface area contributed by atoms with E-state index >= 15 is 0 Å². The number of benzene rings is 2. The Morgan fingerprint density at radius 2 is 1.55 bits per heavy atom. The van der Waals surface area contributed by atoms with Crippen LogP contribution in [0.4, 0.5) is 5.69 Å². The van der Waals surface area contributed by atoms with Gasteiger partial charge in [0.15, 0.2) is 0 Å². The van der Waals surface area contributed by atoms with Crippen molar-refractivity contribution in [1.29, 1.82) is 0 Å². The summed E-state index contributed by atoms with van der Waals surface area (Å²) < 4.78 is 0. The highest BCUT2D eigenvalue weighted by Gasteiger charge is 2.19. The molecule has 0 unspecified atom stereocenters. The van der Waals surface area contributed by atoms with Crippen molar-refractivity contribution in [2.45, 2.75) is 19.9 Å². The first-order valence-electron chi connectivity index (χ1n) is 10.00. The number of anilines is 1. The Labute approximate surface area is 181 Å². The Kier molecular flexibility index (Phi) is 9.13. The van der Waals surface area contributed by atoms with Crippen LogP contribution in [0, 0.1) is 5.92 Å². The standard InChI is InChI=1S/C22H29N5O4/c1-14(2)12-24-13-20(28)25-18-9-7-16(8-10-18)15-3-5-17(6-4-15)21(29)26-19(11-23)22(30)27-31/h3-10,14,19,24,31H,11-13,23H2,1-2H3,(H,25,28)(H,26,29)(H,27,30)/t19-/m0/s1. The van der Waals surface area contributed by atoms with Gasteiger partial charge in [-0.1, -0.05) is 38.1 Å². The van der Waals surface area contributed by atoms with Crippen molar-refractivity contribution in [2.24, 2.45) is 11.7 Å². The smallest absolute Gasteiger partial charge is 0.267 e. The van der Waals surface area contributed by atoms with Crippen LogP contribution in [0.15, 0.2) is 48.5 Å². The van der Waals surface area contributed by atoms with E-state index in [1.54, 1.807) is 24.3 Å². The van der Waals surface area contributed by atoms with Gasteiger partial charge in [0.25, 0.3) is 11.8 Å². The van der Waals surface area contributed by atoms with E-state index in [0.717, 1.165) is 17.7 Å². The highest BCUT2D eigenvalue weighted by molar-refractivity contribution is 5.98. The van der Waals surface area contributed by atoms with Gasteiger partial charge in [-0.15, -0.1) is 0 Å². The van der Waals surface area contributed by atoms with Gasteiger partial charge in [-0.3, -0.25) is 19.6 Å². The highest BCUT2D eigenvalue weighted by atomic mass is 16.5. The summed E-state index contributed by atoms with van der Waals surface area (Å²) in [6.07, 6.45) is 0. The normalized spacial score (nSPS) is 11.6. The summed E-state index contributed by atoms with van der Waals surface area (Å²) in [5.41, 5.74) is 9.77. The molecule has 9 nitrogen and oxygen atoms in total. The Balaban J connectivity index is 1.96. The first-order valence-corrected chi connectivity index (χ1v) is 10.00. The van der Waals surface area contributed by atoms with Crippen molar-refractivity contribution in [3.05, 3.63) is 54.1 Å². The van der Waals surface area contributed by atoms with Crippen LogP contribution in [0.5, 0.6) is 0 Å². The van der Waals surface area contributed by atoms with Gasteiger partial charge >= 0.3 is 0 Å². The van der Waals surface area contributed by atoms with Crippen molar-refractivity contribution in [1.82, 2.24) is 16.1 Å². The van der Waals surface area contributed by atoms with Crippen molar-refractivity contribution < 1.29 is 19.6 Å². The van der Waals surface area contributed by atoms with E-state index in [4.69, 9.17) is 10.9 Å². The lowest BCUT2D eigenvalue weighted by atomic mass is 10.0. The Bertz CT molecular complexity index is 882. The maximum absolute atomic E-state index is 12.3. The summed E-state index contributed by atoms with van der Waals surface area (Å²) in [6, 6.07) is 13.2. The van der Waals surface area contributed by atoms with E-state index < -0.39 is 17.9 Å². The molecule has 9 heteroatoms. The van der Waals surface area contributed by atoms with Crippen LogP contribution >= 0.6 is 0 Å². The van der Waals surface area contributed by atoms with Gasteiger partial charge in [-0.25, -0.2) is 5.48 Å². The van der Waals surface area contributed by atoms with Gasteiger partial charge in [0.1, 0.15) is 6.04 Å². The van der Waals surface area contributed by atoms with Crippen LogP contribution in [0.1, 0.15) is 24.2 Å². The summed E-state index contributed by atoms with van der Waals surface area (Å²) in [7, 11) is 0. The molecule has 2 rings (SSSR count). The number of carbonyl (C=O) groups is 3. The predicted molar refractivity (Wildman–Crippen MR) is 118 cm³/mol. The molecule has 7 N–H and O–H groups in total. The number of carbonyl (C=O) groups excluding carboxylic acids is 3. The summed E-state index contributed by atoms with van der Waals surface area (Å²) in [6.45, 7) is 5.05. The van der Waals surface area contributed by atoms with Gasteiger partial charge in [-0.2, -0.15) is 0 Å². The third-order valence-electron chi connectivity index (χ3n) is 4.45. The van der Waals surface area contributed by atoms with Gasteiger partial charge < -0.3 is 21.7 Å². The average molecular weight is 428 g/mol. The largest absolute Gasteiger partial charge is 0.339 e. The van der Waals surface area contributed by atoms with Crippen molar-refractivity contribution >= 4 is 23.4 Å². The molecule has 2 aromatic rings. The topological polar surface area (TPSA) is 146 Å².